The van der Waals surface area contributed by atoms with Gasteiger partial charge in [0.2, 0.25) is 0 Å². The van der Waals surface area contributed by atoms with Gasteiger partial charge in [-0.3, -0.25) is 9.36 Å². The highest BCUT2D eigenvalue weighted by molar-refractivity contribution is 6.09. The average Bonchev–Trinajstić information content (AvgIpc) is 3.65. The number of methoxy groups -OCH3 is 1. The number of ether oxygens (including phenoxy) is 2. The van der Waals surface area contributed by atoms with Gasteiger partial charge in [0, 0.05) is 32.2 Å². The van der Waals surface area contributed by atoms with Gasteiger partial charge in [0.15, 0.2) is 0 Å². The molecule has 1 atom stereocenters. The van der Waals surface area contributed by atoms with E-state index in [1.54, 1.807) is 7.11 Å². The maximum atomic E-state index is 13.9. The summed E-state index contributed by atoms with van der Waals surface area (Å²) in [5.41, 5.74) is 0.552. The lowest BCUT2D eigenvalue weighted by Crippen LogP contribution is -2.40. The molecule has 2 fully saturated rings. The smallest absolute Gasteiger partial charge is 0.346 e. The first-order chi connectivity index (χ1) is 16.6. The molecular formula is C26H32N4O4. The first kappa shape index (κ1) is 22.7. The predicted molar refractivity (Wildman–Crippen MR) is 130 cm³/mol. The van der Waals surface area contributed by atoms with Crippen LogP contribution in [0, 0.1) is 0 Å². The van der Waals surface area contributed by atoms with Gasteiger partial charge in [0.05, 0.1) is 25.3 Å². The molecule has 5 rings (SSSR count). The summed E-state index contributed by atoms with van der Waals surface area (Å²) in [5.74, 6) is 1.43. The molecule has 1 unspecified atom stereocenters. The Morgan fingerprint density at radius 1 is 1.15 bits per heavy atom. The topological polar surface area (TPSA) is 78.6 Å². The molecule has 2 aliphatic rings. The van der Waals surface area contributed by atoms with Crippen LogP contribution >= 0.6 is 0 Å². The van der Waals surface area contributed by atoms with Gasteiger partial charge in [-0.05, 0) is 49.4 Å². The number of rotatable bonds is 8. The van der Waals surface area contributed by atoms with E-state index in [9.17, 15) is 9.59 Å². The van der Waals surface area contributed by atoms with E-state index in [0.717, 1.165) is 42.3 Å². The maximum absolute atomic E-state index is 13.9. The number of nitrogens with zero attached hydrogens (tertiary/aromatic N) is 4. The van der Waals surface area contributed by atoms with Crippen molar-refractivity contribution in [3.05, 3.63) is 58.3 Å². The van der Waals surface area contributed by atoms with Crippen molar-refractivity contribution in [1.82, 2.24) is 19.2 Å². The molecule has 34 heavy (non-hydrogen) atoms. The summed E-state index contributed by atoms with van der Waals surface area (Å²) in [6.45, 7) is 4.53. The van der Waals surface area contributed by atoms with Gasteiger partial charge in [-0.2, -0.15) is 5.10 Å². The molecule has 3 aromatic rings. The highest BCUT2D eigenvalue weighted by Gasteiger charge is 2.36. The molecule has 8 heteroatoms. The number of hydrogen-bond acceptors (Lipinski definition) is 5. The van der Waals surface area contributed by atoms with E-state index in [2.05, 4.69) is 0 Å². The van der Waals surface area contributed by atoms with Crippen molar-refractivity contribution in [1.29, 1.82) is 0 Å². The second kappa shape index (κ2) is 9.62. The zero-order valence-electron chi connectivity index (χ0n) is 19.9. The number of carbonyl (C=O) groups is 1. The Kier molecular flexibility index (Phi) is 6.41. The highest BCUT2D eigenvalue weighted by Crippen LogP contribution is 2.38. The van der Waals surface area contributed by atoms with Crippen molar-refractivity contribution in [3.8, 4) is 5.75 Å². The first-order valence-electron chi connectivity index (χ1n) is 12.2. The van der Waals surface area contributed by atoms with Gasteiger partial charge in [-0.15, -0.1) is 0 Å². The van der Waals surface area contributed by atoms with Gasteiger partial charge >= 0.3 is 5.69 Å². The Labute approximate surface area is 199 Å². The molecule has 0 N–H and O–H groups in total. The predicted octanol–water partition coefficient (Wildman–Crippen LogP) is 3.60. The zero-order chi connectivity index (χ0) is 23.7. The van der Waals surface area contributed by atoms with E-state index >= 15 is 0 Å². The summed E-state index contributed by atoms with van der Waals surface area (Å²) in [6.07, 6.45) is 3.79. The lowest BCUT2D eigenvalue weighted by Gasteiger charge is -2.33. The van der Waals surface area contributed by atoms with Crippen LogP contribution < -0.4 is 10.4 Å². The summed E-state index contributed by atoms with van der Waals surface area (Å²) >= 11 is 0. The molecule has 0 bridgehead atoms. The number of amides is 1. The van der Waals surface area contributed by atoms with Gasteiger partial charge in [0.25, 0.3) is 5.91 Å². The SMILES string of the molecule is CCOc1ccc2ccccc2c1C(=O)N1CCCC(c2nn(CCOC)c(=O)n2C2CC2)C1. The summed E-state index contributed by atoms with van der Waals surface area (Å²) in [7, 11) is 1.62. The number of aromatic nitrogens is 3. The Morgan fingerprint density at radius 3 is 2.74 bits per heavy atom. The van der Waals surface area contributed by atoms with Crippen LogP contribution in [0.5, 0.6) is 5.75 Å². The van der Waals surface area contributed by atoms with Crippen molar-refractivity contribution in [2.24, 2.45) is 0 Å². The van der Waals surface area contributed by atoms with E-state index in [1.807, 2.05) is 52.8 Å². The third-order valence-electron chi connectivity index (χ3n) is 6.79. The molecule has 0 radical (unpaired) electrons. The molecule has 1 aliphatic carbocycles. The molecular weight excluding hydrogens is 432 g/mol. The first-order valence-corrected chi connectivity index (χ1v) is 12.2. The molecule has 8 nitrogen and oxygen atoms in total. The summed E-state index contributed by atoms with van der Waals surface area (Å²) in [6, 6.07) is 12.0. The van der Waals surface area contributed by atoms with Crippen molar-refractivity contribution in [2.45, 2.75) is 51.1 Å². The fraction of sp³-hybridized carbons (Fsp3) is 0.500. The van der Waals surface area contributed by atoms with Crippen LogP contribution in [0.25, 0.3) is 10.8 Å². The number of carbonyl (C=O) groups excluding carboxylic acids is 1. The van der Waals surface area contributed by atoms with Crippen LogP contribution in [-0.4, -0.2) is 58.6 Å². The van der Waals surface area contributed by atoms with Crippen molar-refractivity contribution >= 4 is 16.7 Å². The van der Waals surface area contributed by atoms with Gasteiger partial charge < -0.3 is 14.4 Å². The van der Waals surface area contributed by atoms with Crippen LogP contribution in [-0.2, 0) is 11.3 Å². The van der Waals surface area contributed by atoms with Crippen molar-refractivity contribution in [3.63, 3.8) is 0 Å². The van der Waals surface area contributed by atoms with Crippen LogP contribution in [0.2, 0.25) is 0 Å². The third kappa shape index (κ3) is 4.22. The maximum Gasteiger partial charge on any atom is 0.346 e. The normalized spacial score (nSPS) is 18.4. The summed E-state index contributed by atoms with van der Waals surface area (Å²) in [5, 5.41) is 6.64. The molecule has 1 amide bonds. The second-order valence-electron chi connectivity index (χ2n) is 9.14. The van der Waals surface area contributed by atoms with Crippen LogP contribution in [0.15, 0.2) is 41.2 Å². The van der Waals surface area contributed by atoms with E-state index < -0.39 is 0 Å². The summed E-state index contributed by atoms with van der Waals surface area (Å²) < 4.78 is 14.4. The van der Waals surface area contributed by atoms with E-state index in [-0.39, 0.29) is 23.6 Å². The van der Waals surface area contributed by atoms with E-state index in [0.29, 0.717) is 44.2 Å². The van der Waals surface area contributed by atoms with Crippen molar-refractivity contribution < 1.29 is 14.3 Å². The fourth-order valence-corrected chi connectivity index (χ4v) is 4.99. The molecule has 0 spiro atoms. The molecule has 180 valence electrons. The van der Waals surface area contributed by atoms with Gasteiger partial charge in [0.1, 0.15) is 11.6 Å². The van der Waals surface area contributed by atoms with Gasteiger partial charge in [-0.25, -0.2) is 9.48 Å². The summed E-state index contributed by atoms with van der Waals surface area (Å²) in [4.78, 5) is 28.8. The third-order valence-corrected chi connectivity index (χ3v) is 6.79. The fourth-order valence-electron chi connectivity index (χ4n) is 4.99. The number of likely N-dealkylation sites (tertiary alicyclic amines) is 1. The Hall–Kier alpha value is -3.13. The molecule has 2 aromatic carbocycles. The lowest BCUT2D eigenvalue weighted by molar-refractivity contribution is 0.0701. The Balaban J connectivity index is 1.47. The second-order valence-corrected chi connectivity index (χ2v) is 9.14. The zero-order valence-corrected chi connectivity index (χ0v) is 19.9. The molecule has 2 heterocycles. The Morgan fingerprint density at radius 2 is 1.97 bits per heavy atom. The average molecular weight is 465 g/mol. The van der Waals surface area contributed by atoms with Gasteiger partial charge in [-0.1, -0.05) is 30.3 Å². The monoisotopic (exact) mass is 464 g/mol. The molecule has 1 aromatic heterocycles. The number of piperidine rings is 1. The minimum Gasteiger partial charge on any atom is -0.493 e. The Bertz CT molecular complexity index is 1240. The molecule has 1 saturated carbocycles. The molecule has 1 aliphatic heterocycles. The largest absolute Gasteiger partial charge is 0.493 e. The number of benzene rings is 2. The number of hydrogen-bond donors (Lipinski definition) is 0. The molecule has 1 saturated heterocycles. The minimum absolute atomic E-state index is 0.0240. The lowest BCUT2D eigenvalue weighted by atomic mass is 9.95. The number of fused-ring (bicyclic) bond motifs is 1. The van der Waals surface area contributed by atoms with E-state index in [4.69, 9.17) is 14.6 Å². The van der Waals surface area contributed by atoms with E-state index in [1.165, 1.54) is 4.68 Å². The minimum atomic E-state index is -0.0642. The van der Waals surface area contributed by atoms with Crippen molar-refractivity contribution in [2.75, 3.05) is 33.4 Å². The standard InChI is InChI=1S/C26H32N4O4/c1-3-34-22-13-10-18-7-4-5-9-21(18)23(22)25(31)28-14-6-8-19(17-28)24-27-29(15-16-33-2)26(32)30(24)20-11-12-20/h4-5,7,9-10,13,19-20H,3,6,8,11-12,14-17H2,1-2H3. The quantitative estimate of drug-likeness (QED) is 0.509. The highest BCUT2D eigenvalue weighted by atomic mass is 16.5. The van der Waals surface area contributed by atoms with Crippen LogP contribution in [0.3, 0.4) is 0 Å². The van der Waals surface area contributed by atoms with Crippen LogP contribution in [0.1, 0.15) is 60.7 Å². The van der Waals surface area contributed by atoms with Crippen LogP contribution in [0.4, 0.5) is 0 Å².